The number of hydrogen-bond acceptors (Lipinski definition) is 4. The van der Waals surface area contributed by atoms with Crippen molar-refractivity contribution in [1.29, 1.82) is 0 Å². The number of carbonyl (C=O) groups is 2. The molecule has 0 N–H and O–H groups in total. The van der Waals surface area contributed by atoms with E-state index in [0.29, 0.717) is 25.9 Å². The van der Waals surface area contributed by atoms with Gasteiger partial charge in [-0.25, -0.2) is 0 Å². The number of Topliss-reactive ketones (excluding diaryl/α,β-unsaturated/α-hetero) is 1. The largest absolute Gasteiger partial charge is 0.351 e. The molecule has 2 heterocycles. The third-order valence-corrected chi connectivity index (χ3v) is 2.26. The number of nitrogens with zero attached hydrogens (tertiary/aromatic N) is 2. The van der Waals surface area contributed by atoms with Crippen molar-refractivity contribution in [3.05, 3.63) is 18.0 Å². The zero-order valence-electron chi connectivity index (χ0n) is 7.60. The Labute approximate surface area is 80.7 Å². The molecule has 0 unspecified atom stereocenters. The van der Waals surface area contributed by atoms with Crippen LogP contribution in [0.25, 0.3) is 0 Å². The van der Waals surface area contributed by atoms with E-state index in [1.165, 1.54) is 12.3 Å². The van der Waals surface area contributed by atoms with Gasteiger partial charge in [-0.2, -0.15) is 0 Å². The third kappa shape index (κ3) is 1.66. The number of hydrogen-bond donors (Lipinski definition) is 0. The highest BCUT2D eigenvalue weighted by Crippen LogP contribution is 2.10. The second-order valence-electron chi connectivity index (χ2n) is 3.21. The molecule has 1 aliphatic rings. The Kier molecular flexibility index (Phi) is 2.30. The maximum absolute atomic E-state index is 11.6. The molecule has 1 aromatic rings. The van der Waals surface area contributed by atoms with Gasteiger partial charge in [0.05, 0.1) is 6.20 Å². The molecule has 1 fully saturated rings. The average Bonchev–Trinajstić information content (AvgIpc) is 2.71. The van der Waals surface area contributed by atoms with Gasteiger partial charge in [0.2, 0.25) is 5.76 Å². The molecular weight excluding hydrogens is 184 g/mol. The lowest BCUT2D eigenvalue weighted by Gasteiger charge is -2.24. The maximum atomic E-state index is 11.6. The molecule has 2 rings (SSSR count). The standard InChI is InChI=1S/C9H10N2O3/c12-7-2-5-11(6-3-7)9(13)8-1-4-10-14-8/h1,4H,2-3,5-6H2. The van der Waals surface area contributed by atoms with E-state index in [4.69, 9.17) is 4.52 Å². The van der Waals surface area contributed by atoms with Crippen LogP contribution in [0.5, 0.6) is 0 Å². The molecule has 0 bridgehead atoms. The van der Waals surface area contributed by atoms with Crippen LogP contribution in [0, 0.1) is 0 Å². The summed E-state index contributed by atoms with van der Waals surface area (Å²) in [5, 5.41) is 3.46. The van der Waals surface area contributed by atoms with E-state index in [0.717, 1.165) is 0 Å². The van der Waals surface area contributed by atoms with Crippen molar-refractivity contribution in [1.82, 2.24) is 10.1 Å². The highest BCUT2D eigenvalue weighted by Gasteiger charge is 2.23. The van der Waals surface area contributed by atoms with Gasteiger partial charge < -0.3 is 9.42 Å². The molecule has 0 atom stereocenters. The zero-order chi connectivity index (χ0) is 9.97. The molecule has 0 radical (unpaired) electrons. The molecule has 0 saturated carbocycles. The number of aromatic nitrogens is 1. The Morgan fingerprint density at radius 3 is 2.71 bits per heavy atom. The average molecular weight is 194 g/mol. The molecule has 74 valence electrons. The number of amides is 1. The zero-order valence-corrected chi connectivity index (χ0v) is 7.60. The second kappa shape index (κ2) is 3.61. The van der Waals surface area contributed by atoms with E-state index in [2.05, 4.69) is 5.16 Å². The second-order valence-corrected chi connectivity index (χ2v) is 3.21. The lowest BCUT2D eigenvalue weighted by atomic mass is 10.1. The van der Waals surface area contributed by atoms with Crippen molar-refractivity contribution in [2.45, 2.75) is 12.8 Å². The smallest absolute Gasteiger partial charge is 0.292 e. The Morgan fingerprint density at radius 1 is 1.43 bits per heavy atom. The van der Waals surface area contributed by atoms with E-state index in [9.17, 15) is 9.59 Å². The summed E-state index contributed by atoms with van der Waals surface area (Å²) < 4.78 is 4.75. The minimum absolute atomic E-state index is 0.185. The van der Waals surface area contributed by atoms with E-state index >= 15 is 0 Å². The molecule has 5 heteroatoms. The molecule has 0 aliphatic carbocycles. The minimum Gasteiger partial charge on any atom is -0.351 e. The first-order valence-corrected chi connectivity index (χ1v) is 4.49. The molecule has 1 saturated heterocycles. The molecular formula is C9H10N2O3. The van der Waals surface area contributed by atoms with Gasteiger partial charge in [-0.1, -0.05) is 5.16 Å². The summed E-state index contributed by atoms with van der Waals surface area (Å²) >= 11 is 0. The Bertz CT molecular complexity index is 335. The highest BCUT2D eigenvalue weighted by molar-refractivity contribution is 5.92. The van der Waals surface area contributed by atoms with E-state index in [1.54, 1.807) is 4.90 Å². The van der Waals surface area contributed by atoms with Gasteiger partial charge in [0.25, 0.3) is 5.91 Å². The van der Waals surface area contributed by atoms with Gasteiger partial charge in [0.15, 0.2) is 0 Å². The van der Waals surface area contributed by atoms with Crippen LogP contribution in [-0.2, 0) is 4.79 Å². The van der Waals surface area contributed by atoms with Gasteiger partial charge in [0, 0.05) is 32.0 Å². The van der Waals surface area contributed by atoms with Crippen LogP contribution >= 0.6 is 0 Å². The van der Waals surface area contributed by atoms with E-state index in [-0.39, 0.29) is 17.5 Å². The first-order valence-electron chi connectivity index (χ1n) is 4.49. The van der Waals surface area contributed by atoms with Crippen LogP contribution in [0.4, 0.5) is 0 Å². The van der Waals surface area contributed by atoms with Crippen LogP contribution in [0.1, 0.15) is 23.4 Å². The summed E-state index contributed by atoms with van der Waals surface area (Å²) in [6, 6.07) is 1.53. The molecule has 1 aliphatic heterocycles. The van der Waals surface area contributed by atoms with Crippen LogP contribution in [-0.4, -0.2) is 34.8 Å². The summed E-state index contributed by atoms with van der Waals surface area (Å²) in [4.78, 5) is 24.2. The number of likely N-dealkylation sites (tertiary alicyclic amines) is 1. The Balaban J connectivity index is 2.03. The summed E-state index contributed by atoms with van der Waals surface area (Å²) in [5.74, 6) is 0.265. The highest BCUT2D eigenvalue weighted by atomic mass is 16.5. The monoisotopic (exact) mass is 194 g/mol. The summed E-state index contributed by atoms with van der Waals surface area (Å²) in [5.41, 5.74) is 0. The van der Waals surface area contributed by atoms with Crippen molar-refractivity contribution < 1.29 is 14.1 Å². The molecule has 0 spiro atoms. The van der Waals surface area contributed by atoms with Crippen molar-refractivity contribution in [3.63, 3.8) is 0 Å². The van der Waals surface area contributed by atoms with Crippen LogP contribution < -0.4 is 0 Å². The Morgan fingerprint density at radius 2 is 2.14 bits per heavy atom. The lowest BCUT2D eigenvalue weighted by Crippen LogP contribution is -2.38. The summed E-state index contributed by atoms with van der Waals surface area (Å²) in [7, 11) is 0. The fourth-order valence-electron chi connectivity index (χ4n) is 1.44. The fourth-order valence-corrected chi connectivity index (χ4v) is 1.44. The third-order valence-electron chi connectivity index (χ3n) is 2.26. The lowest BCUT2D eigenvalue weighted by molar-refractivity contribution is -0.120. The van der Waals surface area contributed by atoms with Gasteiger partial charge in [-0.3, -0.25) is 9.59 Å². The van der Waals surface area contributed by atoms with Crippen LogP contribution in [0.15, 0.2) is 16.8 Å². The van der Waals surface area contributed by atoms with Crippen LogP contribution in [0.2, 0.25) is 0 Å². The Hall–Kier alpha value is -1.65. The topological polar surface area (TPSA) is 63.4 Å². The summed E-state index contributed by atoms with van der Waals surface area (Å²) in [6.07, 6.45) is 2.32. The van der Waals surface area contributed by atoms with Crippen molar-refractivity contribution in [2.24, 2.45) is 0 Å². The molecule has 1 amide bonds. The van der Waals surface area contributed by atoms with Gasteiger partial charge in [0.1, 0.15) is 5.78 Å². The molecule has 1 aromatic heterocycles. The fraction of sp³-hybridized carbons (Fsp3) is 0.444. The molecule has 14 heavy (non-hydrogen) atoms. The van der Waals surface area contributed by atoms with Crippen molar-refractivity contribution in [2.75, 3.05) is 13.1 Å². The van der Waals surface area contributed by atoms with Crippen molar-refractivity contribution >= 4 is 11.7 Å². The number of rotatable bonds is 1. The number of carbonyl (C=O) groups excluding carboxylic acids is 2. The maximum Gasteiger partial charge on any atom is 0.292 e. The summed E-state index contributed by atoms with van der Waals surface area (Å²) in [6.45, 7) is 0.969. The normalized spacial score (nSPS) is 17.1. The van der Waals surface area contributed by atoms with E-state index < -0.39 is 0 Å². The van der Waals surface area contributed by atoms with Gasteiger partial charge >= 0.3 is 0 Å². The first-order chi connectivity index (χ1) is 6.77. The minimum atomic E-state index is -0.185. The van der Waals surface area contributed by atoms with Gasteiger partial charge in [-0.15, -0.1) is 0 Å². The predicted octanol–water partition coefficient (Wildman–Crippen LogP) is 0.480. The van der Waals surface area contributed by atoms with Gasteiger partial charge in [-0.05, 0) is 0 Å². The predicted molar refractivity (Wildman–Crippen MR) is 46.6 cm³/mol. The van der Waals surface area contributed by atoms with E-state index in [1.807, 2.05) is 0 Å². The SMILES string of the molecule is O=C1CCN(C(=O)c2ccno2)CC1. The quantitative estimate of drug-likeness (QED) is 0.652. The number of piperidine rings is 1. The number of ketones is 1. The van der Waals surface area contributed by atoms with Crippen LogP contribution in [0.3, 0.4) is 0 Å². The van der Waals surface area contributed by atoms with Crippen molar-refractivity contribution in [3.8, 4) is 0 Å². The molecule has 5 nitrogen and oxygen atoms in total. The first kappa shape index (κ1) is 8.93. The molecule has 0 aromatic carbocycles.